The van der Waals surface area contributed by atoms with Gasteiger partial charge in [-0.25, -0.2) is 0 Å². The molecular weight excluding hydrogens is 326 g/mol. The molecule has 0 aromatic heterocycles. The lowest BCUT2D eigenvalue weighted by Crippen LogP contribution is -2.54. The molecule has 2 heterocycles. The number of rotatable bonds is 2. The van der Waals surface area contributed by atoms with Gasteiger partial charge in [0.05, 0.1) is 0 Å². The van der Waals surface area contributed by atoms with E-state index in [1.54, 1.807) is 0 Å². The van der Waals surface area contributed by atoms with Gasteiger partial charge in [0.15, 0.2) is 0 Å². The van der Waals surface area contributed by atoms with Crippen molar-refractivity contribution in [2.75, 3.05) is 32.7 Å². The molecule has 132 valence electrons. The number of benzene rings is 1. The molecule has 0 spiro atoms. The molecule has 2 saturated heterocycles. The van der Waals surface area contributed by atoms with E-state index in [0.29, 0.717) is 19.1 Å². The van der Waals surface area contributed by atoms with Gasteiger partial charge in [-0.2, -0.15) is 0 Å². The number of carbonyl (C=O) groups excluding carboxylic acids is 2. The van der Waals surface area contributed by atoms with Crippen molar-refractivity contribution in [3.8, 4) is 0 Å². The first-order valence-corrected chi connectivity index (χ1v) is 8.51. The third-order valence-electron chi connectivity index (χ3n) is 4.83. The molecule has 1 N–H and O–H groups in total. The molecule has 0 bridgehead atoms. The number of nitrogens with one attached hydrogen (secondary N) is 1. The third-order valence-corrected chi connectivity index (χ3v) is 4.83. The van der Waals surface area contributed by atoms with Gasteiger partial charge in [0.1, 0.15) is 0 Å². The molecule has 2 amide bonds. The maximum absolute atomic E-state index is 12.6. The minimum atomic E-state index is 0. The normalized spacial score (nSPS) is 22.0. The van der Waals surface area contributed by atoms with Crippen LogP contribution in [0.1, 0.15) is 30.1 Å². The molecule has 1 unspecified atom stereocenters. The number of amides is 2. The Kier molecular flexibility index (Phi) is 6.63. The number of hydrogen-bond donors (Lipinski definition) is 1. The summed E-state index contributed by atoms with van der Waals surface area (Å²) >= 11 is 0. The number of carbonyl (C=O) groups is 2. The lowest BCUT2D eigenvalue weighted by atomic mass is 9.94. The van der Waals surface area contributed by atoms with Gasteiger partial charge in [-0.3, -0.25) is 9.59 Å². The van der Waals surface area contributed by atoms with Crippen LogP contribution in [0.5, 0.6) is 0 Å². The second kappa shape index (κ2) is 8.49. The highest BCUT2D eigenvalue weighted by Crippen LogP contribution is 2.21. The van der Waals surface area contributed by atoms with E-state index in [4.69, 9.17) is 0 Å². The highest BCUT2D eigenvalue weighted by molar-refractivity contribution is 5.94. The Morgan fingerprint density at radius 1 is 1.04 bits per heavy atom. The highest BCUT2D eigenvalue weighted by Gasteiger charge is 2.31. The maximum Gasteiger partial charge on any atom is 0.253 e. The van der Waals surface area contributed by atoms with Crippen LogP contribution in [-0.4, -0.2) is 60.4 Å². The summed E-state index contributed by atoms with van der Waals surface area (Å²) < 4.78 is 0. The molecule has 1 aromatic carbocycles. The monoisotopic (exact) mass is 351 g/mol. The zero-order valence-corrected chi connectivity index (χ0v) is 14.9. The van der Waals surface area contributed by atoms with Crippen molar-refractivity contribution in [1.29, 1.82) is 0 Å². The van der Waals surface area contributed by atoms with E-state index in [1.165, 1.54) is 0 Å². The van der Waals surface area contributed by atoms with Crippen LogP contribution >= 0.6 is 12.4 Å². The van der Waals surface area contributed by atoms with Crippen LogP contribution in [-0.2, 0) is 4.79 Å². The first kappa shape index (κ1) is 18.7. The molecule has 2 fully saturated rings. The predicted octanol–water partition coefficient (Wildman–Crippen LogP) is 1.78. The van der Waals surface area contributed by atoms with E-state index >= 15 is 0 Å². The molecule has 24 heavy (non-hydrogen) atoms. The van der Waals surface area contributed by atoms with Gasteiger partial charge in [-0.05, 0) is 31.9 Å². The van der Waals surface area contributed by atoms with Crippen molar-refractivity contribution in [2.45, 2.75) is 25.8 Å². The summed E-state index contributed by atoms with van der Waals surface area (Å²) in [5.74, 6) is 0.414. The van der Waals surface area contributed by atoms with Gasteiger partial charge in [0.25, 0.3) is 5.91 Å². The van der Waals surface area contributed by atoms with Crippen molar-refractivity contribution in [2.24, 2.45) is 5.92 Å². The SMILES string of the molecule is CC1CN(C(=O)C2CCN(C(=O)c3ccccc3)CC2)CCN1.Cl. The molecule has 0 radical (unpaired) electrons. The van der Waals surface area contributed by atoms with Gasteiger partial charge in [0.2, 0.25) is 5.91 Å². The predicted molar refractivity (Wildman–Crippen MR) is 96.4 cm³/mol. The number of halogens is 1. The van der Waals surface area contributed by atoms with Crippen molar-refractivity contribution in [3.63, 3.8) is 0 Å². The van der Waals surface area contributed by atoms with E-state index < -0.39 is 0 Å². The molecule has 2 aliphatic rings. The second-order valence-electron chi connectivity index (χ2n) is 6.57. The minimum Gasteiger partial charge on any atom is -0.340 e. The van der Waals surface area contributed by atoms with Gasteiger partial charge in [0, 0.05) is 50.2 Å². The van der Waals surface area contributed by atoms with Crippen LogP contribution < -0.4 is 5.32 Å². The van der Waals surface area contributed by atoms with Crippen LogP contribution in [0.15, 0.2) is 30.3 Å². The quantitative estimate of drug-likeness (QED) is 0.883. The number of hydrogen-bond acceptors (Lipinski definition) is 3. The van der Waals surface area contributed by atoms with E-state index in [2.05, 4.69) is 12.2 Å². The van der Waals surface area contributed by atoms with Crippen molar-refractivity contribution in [3.05, 3.63) is 35.9 Å². The van der Waals surface area contributed by atoms with Crippen molar-refractivity contribution >= 4 is 24.2 Å². The fraction of sp³-hybridized carbons (Fsp3) is 0.556. The Hall–Kier alpha value is -1.59. The summed E-state index contributed by atoms with van der Waals surface area (Å²) in [6.45, 7) is 5.92. The average Bonchev–Trinajstić information content (AvgIpc) is 2.61. The van der Waals surface area contributed by atoms with E-state index in [9.17, 15) is 9.59 Å². The first-order chi connectivity index (χ1) is 11.1. The average molecular weight is 352 g/mol. The molecule has 1 aromatic rings. The van der Waals surface area contributed by atoms with Gasteiger partial charge in [-0.15, -0.1) is 12.4 Å². The number of likely N-dealkylation sites (tertiary alicyclic amines) is 1. The van der Waals surface area contributed by atoms with Crippen LogP contribution in [0.25, 0.3) is 0 Å². The lowest BCUT2D eigenvalue weighted by molar-refractivity contribution is -0.138. The zero-order valence-electron chi connectivity index (χ0n) is 14.1. The van der Waals surface area contributed by atoms with Crippen LogP contribution in [0.3, 0.4) is 0 Å². The maximum atomic E-state index is 12.6. The summed E-state index contributed by atoms with van der Waals surface area (Å²) in [5.41, 5.74) is 0.730. The van der Waals surface area contributed by atoms with Gasteiger partial charge >= 0.3 is 0 Å². The van der Waals surface area contributed by atoms with Gasteiger partial charge < -0.3 is 15.1 Å². The largest absolute Gasteiger partial charge is 0.340 e. The fourth-order valence-electron chi connectivity index (χ4n) is 3.48. The van der Waals surface area contributed by atoms with E-state index in [-0.39, 0.29) is 30.1 Å². The topological polar surface area (TPSA) is 52.7 Å². The van der Waals surface area contributed by atoms with Crippen molar-refractivity contribution < 1.29 is 9.59 Å². The van der Waals surface area contributed by atoms with Crippen LogP contribution in [0.4, 0.5) is 0 Å². The van der Waals surface area contributed by atoms with Crippen molar-refractivity contribution in [1.82, 2.24) is 15.1 Å². The zero-order chi connectivity index (χ0) is 16.2. The fourth-order valence-corrected chi connectivity index (χ4v) is 3.48. The van der Waals surface area contributed by atoms with Gasteiger partial charge in [-0.1, -0.05) is 18.2 Å². The summed E-state index contributed by atoms with van der Waals surface area (Å²) in [7, 11) is 0. The Labute approximate surface area is 149 Å². The summed E-state index contributed by atoms with van der Waals surface area (Å²) in [6.07, 6.45) is 1.55. The summed E-state index contributed by atoms with van der Waals surface area (Å²) in [4.78, 5) is 28.9. The molecule has 5 nitrogen and oxygen atoms in total. The Morgan fingerprint density at radius 3 is 2.33 bits per heavy atom. The number of nitrogens with zero attached hydrogens (tertiary/aromatic N) is 2. The highest BCUT2D eigenvalue weighted by atomic mass is 35.5. The summed E-state index contributed by atoms with van der Waals surface area (Å²) in [5, 5.41) is 3.36. The third kappa shape index (κ3) is 4.28. The van der Waals surface area contributed by atoms with Crippen LogP contribution in [0, 0.1) is 5.92 Å². The molecule has 6 heteroatoms. The molecule has 0 saturated carbocycles. The van der Waals surface area contributed by atoms with E-state index in [0.717, 1.165) is 38.0 Å². The molecule has 0 aliphatic carbocycles. The Morgan fingerprint density at radius 2 is 1.71 bits per heavy atom. The molecule has 3 rings (SSSR count). The smallest absolute Gasteiger partial charge is 0.253 e. The standard InChI is InChI=1S/C18H25N3O2.ClH/c1-14-13-21(12-9-19-14)18(23)16-7-10-20(11-8-16)17(22)15-5-3-2-4-6-15;/h2-6,14,16,19H,7-13H2,1H3;1H. The van der Waals surface area contributed by atoms with Crippen LogP contribution in [0.2, 0.25) is 0 Å². The Bertz CT molecular complexity index is 559. The van der Waals surface area contributed by atoms with E-state index in [1.807, 2.05) is 40.1 Å². The summed E-state index contributed by atoms with van der Waals surface area (Å²) in [6, 6.07) is 9.75. The second-order valence-corrected chi connectivity index (χ2v) is 6.57. The first-order valence-electron chi connectivity index (χ1n) is 8.51. The molecule has 1 atom stereocenters. The Balaban J connectivity index is 0.00000208. The molecule has 2 aliphatic heterocycles. The number of piperazine rings is 1. The molecular formula is C18H26ClN3O2. The number of piperidine rings is 1. The lowest BCUT2D eigenvalue weighted by Gasteiger charge is -2.37. The minimum absolute atomic E-state index is 0.